The predicted octanol–water partition coefficient (Wildman–Crippen LogP) is 1.92. The third kappa shape index (κ3) is 2.26. The highest BCUT2D eigenvalue weighted by atomic mass is 16.2. The molecule has 0 radical (unpaired) electrons. The maximum atomic E-state index is 11.9. The smallest absolute Gasteiger partial charge is 0.310 e. The van der Waals surface area contributed by atoms with Crippen molar-refractivity contribution in [3.63, 3.8) is 0 Å². The molecule has 2 N–H and O–H groups in total. The average molecular weight is 256 g/mol. The molecule has 2 aromatic rings. The first kappa shape index (κ1) is 12.0. The summed E-state index contributed by atoms with van der Waals surface area (Å²) in [5.41, 5.74) is 2.06. The van der Waals surface area contributed by atoms with E-state index in [9.17, 15) is 9.59 Å². The van der Waals surface area contributed by atoms with Crippen LogP contribution in [0.5, 0.6) is 0 Å². The fraction of sp³-hybridized carbons (Fsp3) is 0.333. The van der Waals surface area contributed by atoms with Gasteiger partial charge in [-0.3, -0.25) is 9.78 Å². The van der Waals surface area contributed by atoms with Crippen LogP contribution in [0, 0.1) is 0 Å². The molecule has 19 heavy (non-hydrogen) atoms. The van der Waals surface area contributed by atoms with Gasteiger partial charge in [-0.1, -0.05) is 36.8 Å². The molecule has 0 saturated heterocycles. The van der Waals surface area contributed by atoms with Gasteiger partial charge < -0.3 is 4.98 Å². The minimum Gasteiger partial charge on any atom is -0.310 e. The lowest BCUT2D eigenvalue weighted by atomic mass is 9.91. The van der Waals surface area contributed by atoms with E-state index in [1.54, 1.807) is 0 Å². The third-order valence-corrected chi connectivity index (χ3v) is 3.79. The molecule has 1 aromatic carbocycles. The SMILES string of the molecule is O=c1[nH]c2c(c(=O)[nH]1)CCCCC2c1ccccc1. The van der Waals surface area contributed by atoms with Gasteiger partial charge in [0.05, 0.1) is 0 Å². The highest BCUT2D eigenvalue weighted by Crippen LogP contribution is 2.32. The Kier molecular flexibility index (Phi) is 3.07. The van der Waals surface area contributed by atoms with E-state index in [4.69, 9.17) is 0 Å². The number of benzene rings is 1. The van der Waals surface area contributed by atoms with Crippen LogP contribution >= 0.6 is 0 Å². The number of hydrogen-bond donors (Lipinski definition) is 2. The number of aromatic nitrogens is 2. The Bertz CT molecular complexity index is 685. The summed E-state index contributed by atoms with van der Waals surface area (Å²) in [6, 6.07) is 10.1. The van der Waals surface area contributed by atoms with Gasteiger partial charge in [-0.2, -0.15) is 0 Å². The van der Waals surface area contributed by atoms with E-state index in [1.165, 1.54) is 0 Å². The lowest BCUT2D eigenvalue weighted by Crippen LogP contribution is -2.28. The summed E-state index contributed by atoms with van der Waals surface area (Å²) in [6.07, 6.45) is 3.77. The van der Waals surface area contributed by atoms with Gasteiger partial charge in [0.25, 0.3) is 5.56 Å². The van der Waals surface area contributed by atoms with Crippen molar-refractivity contribution in [1.29, 1.82) is 0 Å². The summed E-state index contributed by atoms with van der Waals surface area (Å²) < 4.78 is 0. The molecule has 1 aliphatic carbocycles. The Balaban J connectivity index is 2.19. The molecule has 0 fully saturated rings. The van der Waals surface area contributed by atoms with Crippen LogP contribution in [0.25, 0.3) is 0 Å². The zero-order valence-electron chi connectivity index (χ0n) is 10.6. The lowest BCUT2D eigenvalue weighted by Gasteiger charge is -2.16. The first-order valence-electron chi connectivity index (χ1n) is 6.66. The molecule has 0 amide bonds. The summed E-state index contributed by atoms with van der Waals surface area (Å²) >= 11 is 0. The molecule has 0 saturated carbocycles. The molecule has 98 valence electrons. The van der Waals surface area contributed by atoms with Crippen LogP contribution < -0.4 is 11.2 Å². The van der Waals surface area contributed by atoms with Crippen LogP contribution in [0.15, 0.2) is 39.9 Å². The molecular formula is C15H16N2O2. The van der Waals surface area contributed by atoms with Crippen LogP contribution in [-0.2, 0) is 6.42 Å². The number of aromatic amines is 2. The van der Waals surface area contributed by atoms with Crippen LogP contribution in [0.1, 0.15) is 42.0 Å². The van der Waals surface area contributed by atoms with Crippen LogP contribution in [0.2, 0.25) is 0 Å². The molecule has 1 atom stereocenters. The van der Waals surface area contributed by atoms with Gasteiger partial charge in [0, 0.05) is 17.2 Å². The van der Waals surface area contributed by atoms with Crippen LogP contribution in [0.4, 0.5) is 0 Å². The first-order valence-corrected chi connectivity index (χ1v) is 6.66. The van der Waals surface area contributed by atoms with E-state index in [0.717, 1.165) is 42.5 Å². The van der Waals surface area contributed by atoms with Crippen molar-refractivity contribution in [2.45, 2.75) is 31.6 Å². The summed E-state index contributed by atoms with van der Waals surface area (Å²) in [6.45, 7) is 0. The van der Waals surface area contributed by atoms with Crippen molar-refractivity contribution < 1.29 is 0 Å². The fourth-order valence-electron chi connectivity index (χ4n) is 2.89. The van der Waals surface area contributed by atoms with Gasteiger partial charge in [0.1, 0.15) is 0 Å². The molecule has 3 rings (SSSR count). The fourth-order valence-corrected chi connectivity index (χ4v) is 2.89. The number of hydrogen-bond acceptors (Lipinski definition) is 2. The molecular weight excluding hydrogens is 240 g/mol. The third-order valence-electron chi connectivity index (χ3n) is 3.79. The first-order chi connectivity index (χ1) is 9.25. The maximum Gasteiger partial charge on any atom is 0.325 e. The topological polar surface area (TPSA) is 65.7 Å². The second kappa shape index (κ2) is 4.88. The Morgan fingerprint density at radius 2 is 1.79 bits per heavy atom. The Labute approximate surface area is 110 Å². The van der Waals surface area contributed by atoms with Crippen molar-refractivity contribution in [1.82, 2.24) is 9.97 Å². The van der Waals surface area contributed by atoms with Gasteiger partial charge >= 0.3 is 5.69 Å². The van der Waals surface area contributed by atoms with Gasteiger partial charge in [-0.25, -0.2) is 4.79 Å². The van der Waals surface area contributed by atoms with Crippen molar-refractivity contribution in [2.24, 2.45) is 0 Å². The summed E-state index contributed by atoms with van der Waals surface area (Å²) in [5, 5.41) is 0. The highest BCUT2D eigenvalue weighted by Gasteiger charge is 2.23. The largest absolute Gasteiger partial charge is 0.325 e. The number of fused-ring (bicyclic) bond motifs is 1. The van der Waals surface area contributed by atoms with Crippen LogP contribution in [-0.4, -0.2) is 9.97 Å². The molecule has 1 heterocycles. The standard InChI is InChI=1S/C15H16N2O2/c18-14-12-9-5-4-8-11(10-6-2-1-3-7-10)13(12)16-15(19)17-14/h1-3,6-7,11H,4-5,8-9H2,(H2,16,17,18,19). The second-order valence-corrected chi connectivity index (χ2v) is 5.01. The Morgan fingerprint density at radius 3 is 2.58 bits per heavy atom. The molecule has 0 spiro atoms. The van der Waals surface area contributed by atoms with Gasteiger partial charge in [0.15, 0.2) is 0 Å². The summed E-state index contributed by atoms with van der Waals surface area (Å²) in [4.78, 5) is 28.7. The molecule has 0 bridgehead atoms. The van der Waals surface area contributed by atoms with E-state index in [2.05, 4.69) is 22.1 Å². The molecule has 1 aromatic heterocycles. The van der Waals surface area contributed by atoms with Gasteiger partial charge in [-0.05, 0) is 24.8 Å². The number of rotatable bonds is 1. The molecule has 4 heteroatoms. The predicted molar refractivity (Wildman–Crippen MR) is 73.5 cm³/mol. The quantitative estimate of drug-likeness (QED) is 0.765. The van der Waals surface area contributed by atoms with Crippen molar-refractivity contribution in [3.05, 3.63) is 68.0 Å². The molecule has 0 aliphatic heterocycles. The summed E-state index contributed by atoms with van der Waals surface area (Å²) in [5.74, 6) is 0.119. The van der Waals surface area contributed by atoms with Crippen molar-refractivity contribution in [2.75, 3.05) is 0 Å². The van der Waals surface area contributed by atoms with Crippen molar-refractivity contribution in [3.8, 4) is 0 Å². The molecule has 1 unspecified atom stereocenters. The molecule has 4 nitrogen and oxygen atoms in total. The lowest BCUT2D eigenvalue weighted by molar-refractivity contribution is 0.649. The van der Waals surface area contributed by atoms with E-state index in [1.807, 2.05) is 18.2 Å². The van der Waals surface area contributed by atoms with Crippen molar-refractivity contribution >= 4 is 0 Å². The summed E-state index contributed by atoms with van der Waals surface area (Å²) in [7, 11) is 0. The minimum atomic E-state index is -0.411. The van der Waals surface area contributed by atoms with Gasteiger partial charge in [0.2, 0.25) is 0 Å². The number of H-pyrrole nitrogens is 2. The normalized spacial score (nSPS) is 18.6. The van der Waals surface area contributed by atoms with E-state index < -0.39 is 5.69 Å². The Morgan fingerprint density at radius 1 is 1.00 bits per heavy atom. The maximum absolute atomic E-state index is 11.9. The highest BCUT2D eigenvalue weighted by molar-refractivity contribution is 5.33. The van der Waals surface area contributed by atoms with Gasteiger partial charge in [-0.15, -0.1) is 0 Å². The van der Waals surface area contributed by atoms with Crippen LogP contribution in [0.3, 0.4) is 0 Å². The van der Waals surface area contributed by atoms with E-state index in [-0.39, 0.29) is 11.5 Å². The second-order valence-electron chi connectivity index (χ2n) is 5.01. The number of nitrogens with one attached hydrogen (secondary N) is 2. The minimum absolute atomic E-state index is 0.119. The zero-order valence-corrected chi connectivity index (χ0v) is 10.6. The van der Waals surface area contributed by atoms with E-state index >= 15 is 0 Å². The van der Waals surface area contributed by atoms with E-state index in [0.29, 0.717) is 0 Å². The Hall–Kier alpha value is -2.10. The monoisotopic (exact) mass is 256 g/mol. The average Bonchev–Trinajstić information content (AvgIpc) is 2.62. The zero-order chi connectivity index (χ0) is 13.2. The molecule has 1 aliphatic rings.